The third kappa shape index (κ3) is 4.63. The molecule has 0 aromatic heterocycles. The third-order valence-electron chi connectivity index (χ3n) is 11.3. The standard InChI is InChI=1S/C19H21BrO.C19H19BrO/c2*1-11-3-4-14-15(7-11)13-5-6-19(2)10-12(21)8-17(19)16(13)9-18(14)20/h3-4,7,9,12,17,21H,5-6,8,10H2,1-2H3;3-4,7,9,17H,5-6,8,10H2,1-2H3/t12-,17+,19-;17-,19+/m10/s1. The third-order valence-corrected chi connectivity index (χ3v) is 12.7. The van der Waals surface area contributed by atoms with Gasteiger partial charge in [-0.1, -0.05) is 93.2 Å². The van der Waals surface area contributed by atoms with Crippen molar-refractivity contribution in [3.8, 4) is 0 Å². The lowest BCUT2D eigenvalue weighted by atomic mass is 9.66. The van der Waals surface area contributed by atoms with Crippen molar-refractivity contribution in [1.82, 2.24) is 0 Å². The predicted octanol–water partition coefficient (Wildman–Crippen LogP) is 10.4. The van der Waals surface area contributed by atoms with Crippen molar-refractivity contribution in [2.45, 2.75) is 97.0 Å². The highest BCUT2D eigenvalue weighted by Crippen LogP contribution is 2.57. The number of benzene rings is 4. The van der Waals surface area contributed by atoms with Crippen molar-refractivity contribution in [2.24, 2.45) is 10.8 Å². The first kappa shape index (κ1) is 28.7. The summed E-state index contributed by atoms with van der Waals surface area (Å²) < 4.78 is 2.36. The fourth-order valence-electron chi connectivity index (χ4n) is 9.11. The van der Waals surface area contributed by atoms with Crippen LogP contribution >= 0.6 is 31.9 Å². The van der Waals surface area contributed by atoms with Crippen LogP contribution in [0.1, 0.15) is 97.6 Å². The number of rotatable bonds is 0. The fraction of sp³-hybridized carbons (Fsp3) is 0.447. The first-order chi connectivity index (χ1) is 20.0. The lowest BCUT2D eigenvalue weighted by molar-refractivity contribution is -0.118. The van der Waals surface area contributed by atoms with E-state index in [0.717, 1.165) is 44.9 Å². The van der Waals surface area contributed by atoms with Crippen LogP contribution in [-0.2, 0) is 17.6 Å². The van der Waals surface area contributed by atoms with Crippen LogP contribution in [0, 0.1) is 24.7 Å². The largest absolute Gasteiger partial charge is 0.393 e. The summed E-state index contributed by atoms with van der Waals surface area (Å²) in [6.45, 7) is 8.99. The van der Waals surface area contributed by atoms with Gasteiger partial charge in [-0.2, -0.15) is 0 Å². The van der Waals surface area contributed by atoms with Crippen LogP contribution in [0.2, 0.25) is 0 Å². The Hall–Kier alpha value is -2.01. The van der Waals surface area contributed by atoms with Gasteiger partial charge in [0.15, 0.2) is 0 Å². The molecule has 0 radical (unpaired) electrons. The van der Waals surface area contributed by atoms with Crippen LogP contribution in [0.3, 0.4) is 0 Å². The van der Waals surface area contributed by atoms with Crippen molar-refractivity contribution < 1.29 is 9.90 Å². The molecule has 0 unspecified atom stereocenters. The summed E-state index contributed by atoms with van der Waals surface area (Å²) >= 11 is 7.51. The molecule has 0 saturated heterocycles. The monoisotopic (exact) mass is 686 g/mol. The summed E-state index contributed by atoms with van der Waals surface area (Å²) in [6, 6.07) is 18.0. The van der Waals surface area contributed by atoms with Gasteiger partial charge in [0.25, 0.3) is 0 Å². The molecule has 1 N–H and O–H groups in total. The van der Waals surface area contributed by atoms with Crippen molar-refractivity contribution in [3.05, 3.63) is 90.9 Å². The quantitative estimate of drug-likeness (QED) is 0.200. The number of hydrogen-bond donors (Lipinski definition) is 1. The molecule has 0 bridgehead atoms. The molecule has 42 heavy (non-hydrogen) atoms. The molecule has 0 spiro atoms. The van der Waals surface area contributed by atoms with Gasteiger partial charge in [-0.05, 0) is 131 Å². The van der Waals surface area contributed by atoms with Gasteiger partial charge in [0.2, 0.25) is 0 Å². The van der Waals surface area contributed by atoms with Gasteiger partial charge >= 0.3 is 0 Å². The van der Waals surface area contributed by atoms with Gasteiger partial charge in [0.05, 0.1) is 6.10 Å². The smallest absolute Gasteiger partial charge is 0.134 e. The van der Waals surface area contributed by atoms with E-state index in [1.807, 2.05) is 0 Å². The second-order valence-corrected chi connectivity index (χ2v) is 16.1. The average molecular weight is 689 g/mol. The number of aryl methyl sites for hydroxylation is 4. The molecule has 4 heteroatoms. The van der Waals surface area contributed by atoms with Crippen LogP contribution in [-0.4, -0.2) is 17.0 Å². The van der Waals surface area contributed by atoms with Crippen LogP contribution in [0.4, 0.5) is 0 Å². The number of hydrogen-bond acceptors (Lipinski definition) is 2. The maximum absolute atomic E-state index is 12.0. The Morgan fingerprint density at radius 3 is 1.83 bits per heavy atom. The number of fused-ring (bicyclic) bond motifs is 10. The van der Waals surface area contributed by atoms with Crippen molar-refractivity contribution in [1.29, 1.82) is 0 Å². The number of aliphatic hydroxyl groups is 1. The van der Waals surface area contributed by atoms with Crippen LogP contribution in [0.5, 0.6) is 0 Å². The van der Waals surface area contributed by atoms with E-state index in [1.165, 1.54) is 70.3 Å². The molecule has 4 aromatic rings. The lowest BCUT2D eigenvalue weighted by Gasteiger charge is -2.38. The molecule has 2 fully saturated rings. The predicted molar refractivity (Wildman–Crippen MR) is 181 cm³/mol. The Bertz CT molecular complexity index is 1770. The molecule has 2 nitrogen and oxygen atoms in total. The van der Waals surface area contributed by atoms with E-state index in [2.05, 4.69) is 108 Å². The maximum Gasteiger partial charge on any atom is 0.134 e. The molecule has 0 heterocycles. The number of carbonyl (C=O) groups excluding carboxylic acids is 1. The molecular weight excluding hydrogens is 648 g/mol. The summed E-state index contributed by atoms with van der Waals surface area (Å²) in [6.07, 6.45) is 7.83. The van der Waals surface area contributed by atoms with Gasteiger partial charge in [0.1, 0.15) is 5.78 Å². The summed E-state index contributed by atoms with van der Waals surface area (Å²) in [5, 5.41) is 15.6. The van der Waals surface area contributed by atoms with E-state index >= 15 is 0 Å². The summed E-state index contributed by atoms with van der Waals surface area (Å²) in [4.78, 5) is 12.0. The Morgan fingerprint density at radius 2 is 1.26 bits per heavy atom. The van der Waals surface area contributed by atoms with E-state index in [-0.39, 0.29) is 16.9 Å². The maximum atomic E-state index is 12.0. The van der Waals surface area contributed by atoms with E-state index < -0.39 is 0 Å². The van der Waals surface area contributed by atoms with E-state index in [0.29, 0.717) is 17.6 Å². The number of halogens is 2. The second kappa shape index (κ2) is 10.3. The molecule has 218 valence electrons. The summed E-state index contributed by atoms with van der Waals surface area (Å²) in [5.74, 6) is 1.36. The highest BCUT2D eigenvalue weighted by Gasteiger charge is 2.48. The minimum absolute atomic E-state index is 0.127. The number of ketones is 1. The Kier molecular flexibility index (Phi) is 7.03. The van der Waals surface area contributed by atoms with Crippen molar-refractivity contribution >= 4 is 59.2 Å². The first-order valence-corrected chi connectivity index (χ1v) is 17.2. The molecular formula is C38H40Br2O2. The highest BCUT2D eigenvalue weighted by molar-refractivity contribution is 9.11. The zero-order chi connectivity index (χ0) is 29.6. The summed E-state index contributed by atoms with van der Waals surface area (Å²) in [7, 11) is 0. The average Bonchev–Trinajstić information content (AvgIpc) is 3.42. The zero-order valence-electron chi connectivity index (χ0n) is 25.1. The van der Waals surface area contributed by atoms with Crippen molar-refractivity contribution in [3.63, 3.8) is 0 Å². The number of carbonyl (C=O) groups is 1. The lowest BCUT2D eigenvalue weighted by Crippen LogP contribution is -2.26. The molecule has 4 aliphatic rings. The Labute approximate surface area is 266 Å². The molecule has 4 aliphatic carbocycles. The number of Topliss-reactive ketones (excluding diaryl/α,β-unsaturated/α-hetero) is 1. The Balaban J connectivity index is 0.000000137. The molecule has 8 rings (SSSR count). The minimum atomic E-state index is -0.127. The van der Waals surface area contributed by atoms with E-state index in [9.17, 15) is 9.90 Å². The first-order valence-electron chi connectivity index (χ1n) is 15.6. The topological polar surface area (TPSA) is 37.3 Å². The second-order valence-electron chi connectivity index (χ2n) is 14.4. The molecule has 4 aromatic carbocycles. The Morgan fingerprint density at radius 1 is 0.738 bits per heavy atom. The molecule has 0 aliphatic heterocycles. The molecule has 0 amide bonds. The SMILES string of the molecule is Cc1ccc2c(Br)cc3c(c2c1)CC[C@]1(C)CC(=O)C[C@@H]31.Cc1ccc2c(Br)cc3c(c2c1)CC[C@]1(C)C[C@H](O)C[C@@H]31. The van der Waals surface area contributed by atoms with Crippen molar-refractivity contribution in [2.75, 3.05) is 0 Å². The van der Waals surface area contributed by atoms with E-state index in [4.69, 9.17) is 0 Å². The zero-order valence-corrected chi connectivity index (χ0v) is 28.3. The fourth-order valence-corrected chi connectivity index (χ4v) is 10.3. The molecule has 2 saturated carbocycles. The van der Waals surface area contributed by atoms with E-state index in [1.54, 1.807) is 0 Å². The normalized spacial score (nSPS) is 29.5. The van der Waals surface area contributed by atoms with Gasteiger partial charge in [-0.15, -0.1) is 0 Å². The summed E-state index contributed by atoms with van der Waals surface area (Å²) in [5.41, 5.74) is 8.98. The molecule has 5 atom stereocenters. The van der Waals surface area contributed by atoms with Gasteiger partial charge in [0, 0.05) is 21.8 Å². The number of aliphatic hydroxyl groups excluding tert-OH is 1. The van der Waals surface area contributed by atoms with Crippen LogP contribution in [0.25, 0.3) is 21.5 Å². The highest BCUT2D eigenvalue weighted by atomic mass is 79.9. The van der Waals surface area contributed by atoms with Gasteiger partial charge in [-0.3, -0.25) is 4.79 Å². The van der Waals surface area contributed by atoms with Crippen LogP contribution in [0.15, 0.2) is 57.5 Å². The van der Waals surface area contributed by atoms with Crippen LogP contribution < -0.4 is 0 Å². The van der Waals surface area contributed by atoms with Gasteiger partial charge < -0.3 is 5.11 Å². The minimum Gasteiger partial charge on any atom is -0.393 e. The van der Waals surface area contributed by atoms with Gasteiger partial charge in [-0.25, -0.2) is 0 Å².